The maximum atomic E-state index is 13.2. The van der Waals surface area contributed by atoms with Gasteiger partial charge in [0.15, 0.2) is 12.4 Å². The fraction of sp³-hybridized carbons (Fsp3) is 0.360. The quantitative estimate of drug-likeness (QED) is 0.628. The average molecular weight is 405 g/mol. The fourth-order valence-electron chi connectivity index (χ4n) is 3.76. The molecule has 5 heteroatoms. The third kappa shape index (κ3) is 3.97. The summed E-state index contributed by atoms with van der Waals surface area (Å²) in [5, 5.41) is 0.441. The van der Waals surface area contributed by atoms with Gasteiger partial charge in [-0.15, -0.1) is 0 Å². The van der Waals surface area contributed by atoms with E-state index in [1.807, 2.05) is 30.3 Å². The van der Waals surface area contributed by atoms with Crippen LogP contribution in [0.15, 0.2) is 57.7 Å². The summed E-state index contributed by atoms with van der Waals surface area (Å²) in [5.41, 5.74) is 2.18. The topological polar surface area (TPSA) is 59.8 Å². The highest BCUT2D eigenvalue weighted by Gasteiger charge is 2.22. The Balaban J connectivity index is 1.74. The van der Waals surface area contributed by atoms with Crippen LogP contribution in [0, 0.1) is 0 Å². The highest BCUT2D eigenvalue weighted by Crippen LogP contribution is 2.32. The van der Waals surface area contributed by atoms with E-state index in [4.69, 9.17) is 9.15 Å². The van der Waals surface area contributed by atoms with E-state index in [0.29, 0.717) is 16.7 Å². The summed E-state index contributed by atoms with van der Waals surface area (Å²) in [4.78, 5) is 27.4. The van der Waals surface area contributed by atoms with Gasteiger partial charge in [0.05, 0.1) is 5.39 Å². The van der Waals surface area contributed by atoms with Crippen molar-refractivity contribution in [2.24, 2.45) is 0 Å². The Kier molecular flexibility index (Phi) is 5.37. The van der Waals surface area contributed by atoms with E-state index in [1.165, 1.54) is 5.56 Å². The van der Waals surface area contributed by atoms with Crippen LogP contribution in [0.2, 0.25) is 0 Å². The van der Waals surface area contributed by atoms with Gasteiger partial charge in [0.25, 0.3) is 5.91 Å². The Bertz CT molecular complexity index is 1120. The van der Waals surface area contributed by atoms with Crippen LogP contribution >= 0.6 is 0 Å². The van der Waals surface area contributed by atoms with Crippen LogP contribution in [-0.4, -0.2) is 30.5 Å². The molecule has 2 heterocycles. The number of nitrogens with zero attached hydrogens (tertiary/aromatic N) is 1. The first-order valence-electron chi connectivity index (χ1n) is 10.4. The van der Waals surface area contributed by atoms with Crippen molar-refractivity contribution in [1.29, 1.82) is 0 Å². The third-order valence-corrected chi connectivity index (χ3v) is 5.57. The number of para-hydroxylation sites is 1. The molecule has 0 radical (unpaired) electrons. The minimum Gasteiger partial charge on any atom is -0.476 e. The summed E-state index contributed by atoms with van der Waals surface area (Å²) >= 11 is 0. The number of benzene rings is 2. The van der Waals surface area contributed by atoms with Gasteiger partial charge in [-0.2, -0.15) is 0 Å². The molecule has 0 atom stereocenters. The molecule has 0 bridgehead atoms. The van der Waals surface area contributed by atoms with Crippen LogP contribution in [0.1, 0.15) is 39.2 Å². The molecular weight excluding hydrogens is 378 g/mol. The molecule has 4 rings (SSSR count). The lowest BCUT2D eigenvalue weighted by Crippen LogP contribution is -2.32. The molecule has 0 saturated carbocycles. The Hall–Kier alpha value is -3.08. The molecule has 0 spiro atoms. The van der Waals surface area contributed by atoms with Crippen molar-refractivity contribution in [1.82, 2.24) is 4.90 Å². The third-order valence-electron chi connectivity index (χ3n) is 5.57. The number of rotatable bonds is 4. The largest absolute Gasteiger partial charge is 0.476 e. The lowest BCUT2D eigenvalue weighted by molar-refractivity contribution is -0.132. The molecule has 5 nitrogen and oxygen atoms in total. The molecule has 0 aliphatic carbocycles. The van der Waals surface area contributed by atoms with E-state index in [-0.39, 0.29) is 29.1 Å². The van der Waals surface area contributed by atoms with Gasteiger partial charge in [0, 0.05) is 18.7 Å². The highest BCUT2D eigenvalue weighted by atomic mass is 16.5. The second-order valence-electron chi connectivity index (χ2n) is 8.79. The lowest BCUT2D eigenvalue weighted by atomic mass is 9.86. The van der Waals surface area contributed by atoms with Crippen LogP contribution in [0.25, 0.3) is 22.3 Å². The number of carbonyl (C=O) groups is 1. The maximum absolute atomic E-state index is 13.2. The Morgan fingerprint density at radius 2 is 1.70 bits per heavy atom. The Morgan fingerprint density at radius 1 is 1.03 bits per heavy atom. The van der Waals surface area contributed by atoms with Crippen molar-refractivity contribution in [3.8, 4) is 17.1 Å². The summed E-state index contributed by atoms with van der Waals surface area (Å²) in [6, 6.07) is 15.0. The number of likely N-dealkylation sites (tertiary alicyclic amines) is 1. The zero-order chi connectivity index (χ0) is 21.3. The number of hydrogen-bond donors (Lipinski definition) is 0. The minimum atomic E-state index is -0.263. The molecule has 1 amide bonds. The van der Waals surface area contributed by atoms with Crippen molar-refractivity contribution in [2.75, 3.05) is 19.7 Å². The van der Waals surface area contributed by atoms with Crippen LogP contribution in [0.3, 0.4) is 0 Å². The van der Waals surface area contributed by atoms with E-state index in [1.54, 1.807) is 23.1 Å². The fourth-order valence-corrected chi connectivity index (χ4v) is 3.76. The molecular formula is C25H27NO4. The van der Waals surface area contributed by atoms with E-state index < -0.39 is 0 Å². The summed E-state index contributed by atoms with van der Waals surface area (Å²) in [7, 11) is 0. The first kappa shape index (κ1) is 20.2. The molecule has 1 aliphatic rings. The number of fused-ring (bicyclic) bond motifs is 1. The molecule has 156 valence electrons. The zero-order valence-electron chi connectivity index (χ0n) is 17.7. The van der Waals surface area contributed by atoms with Gasteiger partial charge in [-0.05, 0) is 36.0 Å². The van der Waals surface area contributed by atoms with Crippen molar-refractivity contribution in [2.45, 2.75) is 39.0 Å². The molecule has 1 aliphatic heterocycles. The molecule has 0 N–H and O–H groups in total. The van der Waals surface area contributed by atoms with Crippen molar-refractivity contribution < 1.29 is 13.9 Å². The van der Waals surface area contributed by atoms with E-state index in [2.05, 4.69) is 20.8 Å². The normalized spacial score (nSPS) is 14.3. The lowest BCUT2D eigenvalue weighted by Gasteiger charge is -2.19. The van der Waals surface area contributed by atoms with Crippen LogP contribution in [0.5, 0.6) is 5.75 Å². The SMILES string of the molecule is CC(C)(C)c1ccc(-c2oc3ccccc3c(=O)c2OCC(=O)N2CCCC2)cc1. The summed E-state index contributed by atoms with van der Waals surface area (Å²) < 4.78 is 11.9. The number of ether oxygens (including phenoxy) is 1. The number of carbonyl (C=O) groups excluding carboxylic acids is 1. The van der Waals surface area contributed by atoms with Crippen molar-refractivity contribution in [3.63, 3.8) is 0 Å². The van der Waals surface area contributed by atoms with Gasteiger partial charge >= 0.3 is 0 Å². The van der Waals surface area contributed by atoms with Gasteiger partial charge in [0.2, 0.25) is 11.2 Å². The molecule has 1 fully saturated rings. The van der Waals surface area contributed by atoms with E-state index in [9.17, 15) is 9.59 Å². The highest BCUT2D eigenvalue weighted by molar-refractivity contribution is 5.83. The molecule has 3 aromatic rings. The van der Waals surface area contributed by atoms with E-state index >= 15 is 0 Å². The molecule has 0 unspecified atom stereocenters. The summed E-state index contributed by atoms with van der Waals surface area (Å²) in [6.07, 6.45) is 2.02. The van der Waals surface area contributed by atoms with Crippen molar-refractivity contribution in [3.05, 3.63) is 64.3 Å². The molecule has 2 aromatic carbocycles. The number of amides is 1. The summed E-state index contributed by atoms with van der Waals surface area (Å²) in [6.45, 7) is 7.77. The maximum Gasteiger partial charge on any atom is 0.260 e. The predicted molar refractivity (Wildman–Crippen MR) is 118 cm³/mol. The predicted octanol–water partition coefficient (Wildman–Crippen LogP) is 4.76. The van der Waals surface area contributed by atoms with E-state index in [0.717, 1.165) is 31.5 Å². The molecule has 1 saturated heterocycles. The first-order chi connectivity index (χ1) is 14.3. The number of hydrogen-bond acceptors (Lipinski definition) is 4. The summed E-state index contributed by atoms with van der Waals surface area (Å²) in [5.74, 6) is 0.340. The van der Waals surface area contributed by atoms with Crippen molar-refractivity contribution >= 4 is 16.9 Å². The van der Waals surface area contributed by atoms with Gasteiger partial charge in [0.1, 0.15) is 5.58 Å². The monoisotopic (exact) mass is 405 g/mol. The minimum absolute atomic E-state index is 0.0181. The molecule has 1 aromatic heterocycles. The standard InChI is InChI=1S/C25H27NO4/c1-25(2,3)18-12-10-17(11-13-18)23-24(29-16-21(27)26-14-6-7-15-26)22(28)19-8-4-5-9-20(19)30-23/h4-5,8-13H,6-7,14-16H2,1-3H3. The second kappa shape index (κ2) is 7.98. The van der Waals surface area contributed by atoms with Gasteiger partial charge in [-0.25, -0.2) is 0 Å². The van der Waals surface area contributed by atoms with Gasteiger partial charge in [-0.3, -0.25) is 9.59 Å². The molecule has 30 heavy (non-hydrogen) atoms. The van der Waals surface area contributed by atoms with Gasteiger partial charge in [-0.1, -0.05) is 57.2 Å². The van der Waals surface area contributed by atoms with Crippen LogP contribution in [-0.2, 0) is 10.2 Å². The van der Waals surface area contributed by atoms with Gasteiger partial charge < -0.3 is 14.1 Å². The second-order valence-corrected chi connectivity index (χ2v) is 8.79. The first-order valence-corrected chi connectivity index (χ1v) is 10.4. The van der Waals surface area contributed by atoms with Crippen LogP contribution in [0.4, 0.5) is 0 Å². The Morgan fingerprint density at radius 3 is 2.37 bits per heavy atom. The smallest absolute Gasteiger partial charge is 0.260 e. The average Bonchev–Trinajstić information content (AvgIpc) is 3.27. The van der Waals surface area contributed by atoms with Crippen LogP contribution < -0.4 is 10.2 Å². The zero-order valence-corrected chi connectivity index (χ0v) is 17.7. The Labute approximate surface area is 176 Å².